The molecule has 2 aliphatic heterocycles. The molecule has 96 valence electrons. The van der Waals surface area contributed by atoms with E-state index < -0.39 is 34.3 Å². The van der Waals surface area contributed by atoms with E-state index >= 15 is 0 Å². The molecule has 2 amide bonds. The molecule has 2 saturated heterocycles. The summed E-state index contributed by atoms with van der Waals surface area (Å²) >= 11 is 0. The third-order valence-electron chi connectivity index (χ3n) is 2.99. The van der Waals surface area contributed by atoms with Crippen LogP contribution in [0.2, 0.25) is 0 Å². The van der Waals surface area contributed by atoms with E-state index in [-0.39, 0.29) is 13.2 Å². The van der Waals surface area contributed by atoms with Crippen molar-refractivity contribution in [3.8, 4) is 0 Å². The zero-order chi connectivity index (χ0) is 12.8. The minimum atomic E-state index is -4.55. The van der Waals surface area contributed by atoms with Gasteiger partial charge in [-0.05, 0) is 0 Å². The van der Waals surface area contributed by atoms with Crippen LogP contribution >= 0.6 is 0 Å². The number of cyclic esters (lactones) is 1. The van der Waals surface area contributed by atoms with Crippen molar-refractivity contribution >= 4 is 22.3 Å². The van der Waals surface area contributed by atoms with Crippen LogP contribution in [-0.2, 0) is 19.8 Å². The number of carbonyl (C=O) groups is 2. The van der Waals surface area contributed by atoms with E-state index in [0.717, 1.165) is 0 Å². The monoisotopic (exact) mass is 264 g/mol. The van der Waals surface area contributed by atoms with E-state index in [9.17, 15) is 18.0 Å². The molecule has 2 rings (SSSR count). The van der Waals surface area contributed by atoms with E-state index in [1.165, 1.54) is 4.90 Å². The Kier molecular flexibility index (Phi) is 2.74. The first kappa shape index (κ1) is 12.1. The van der Waals surface area contributed by atoms with Gasteiger partial charge in [0.1, 0.15) is 6.61 Å². The predicted molar refractivity (Wildman–Crippen MR) is 54.3 cm³/mol. The number of amides is 2. The first-order chi connectivity index (χ1) is 7.82. The first-order valence-corrected chi connectivity index (χ1v) is 6.44. The number of hydrogen-bond acceptors (Lipinski definition) is 5. The minimum absolute atomic E-state index is 0.0472. The summed E-state index contributed by atoms with van der Waals surface area (Å²) in [7, 11) is -4.55. The Labute approximate surface area is 98.0 Å². The van der Waals surface area contributed by atoms with E-state index in [1.54, 1.807) is 6.92 Å². The van der Waals surface area contributed by atoms with E-state index in [1.807, 2.05) is 0 Å². The Morgan fingerprint density at radius 3 is 2.59 bits per heavy atom. The molecule has 0 aromatic heterocycles. The Balaban J connectivity index is 2.10. The van der Waals surface area contributed by atoms with E-state index in [0.29, 0.717) is 10.8 Å². The van der Waals surface area contributed by atoms with E-state index in [2.05, 4.69) is 4.74 Å². The Bertz CT molecular complexity index is 461. The van der Waals surface area contributed by atoms with Crippen molar-refractivity contribution in [3.63, 3.8) is 0 Å². The van der Waals surface area contributed by atoms with Crippen molar-refractivity contribution in [1.82, 2.24) is 9.21 Å². The molecule has 2 aliphatic rings. The molecule has 0 spiro atoms. The fourth-order valence-electron chi connectivity index (χ4n) is 1.98. The maximum atomic E-state index is 11.3. The second-order valence-electron chi connectivity index (χ2n) is 4.03. The number of hydrogen-bond donors (Lipinski definition) is 1. The van der Waals surface area contributed by atoms with Crippen molar-refractivity contribution < 1.29 is 27.3 Å². The molecular formula is C8H12N2O6S. The lowest BCUT2D eigenvalue weighted by Crippen LogP contribution is -2.65. The molecule has 0 aliphatic carbocycles. The van der Waals surface area contributed by atoms with Crippen LogP contribution in [0, 0.1) is 5.92 Å². The Morgan fingerprint density at radius 2 is 2.12 bits per heavy atom. The van der Waals surface area contributed by atoms with Crippen molar-refractivity contribution in [1.29, 1.82) is 0 Å². The largest absolute Gasteiger partial charge is 0.448 e. The molecule has 0 saturated carbocycles. The zero-order valence-corrected chi connectivity index (χ0v) is 9.88. The lowest BCUT2D eigenvalue weighted by molar-refractivity contribution is -0.146. The molecule has 8 nitrogen and oxygen atoms in total. The fraction of sp³-hybridized carbons (Fsp3) is 0.750. The van der Waals surface area contributed by atoms with Gasteiger partial charge in [0.2, 0.25) is 5.91 Å². The summed E-state index contributed by atoms with van der Waals surface area (Å²) in [5.74, 6) is -1.20. The molecule has 2 atom stereocenters. The van der Waals surface area contributed by atoms with Crippen LogP contribution in [0.3, 0.4) is 0 Å². The van der Waals surface area contributed by atoms with Gasteiger partial charge in [0.15, 0.2) is 0 Å². The van der Waals surface area contributed by atoms with Crippen LogP contribution in [0.15, 0.2) is 0 Å². The highest BCUT2D eigenvalue weighted by molar-refractivity contribution is 7.84. The van der Waals surface area contributed by atoms with Crippen LogP contribution < -0.4 is 0 Å². The number of carbonyl (C=O) groups excluding carboxylic acids is 2. The normalized spacial score (nSPS) is 29.3. The van der Waals surface area contributed by atoms with Gasteiger partial charge < -0.3 is 9.64 Å². The van der Waals surface area contributed by atoms with Gasteiger partial charge in [-0.3, -0.25) is 9.35 Å². The molecule has 0 bridgehead atoms. The second-order valence-corrected chi connectivity index (χ2v) is 5.32. The third kappa shape index (κ3) is 1.95. The number of β-lactam (4-membered cyclic amide) rings is 1. The number of rotatable bonds is 3. The lowest BCUT2D eigenvalue weighted by Gasteiger charge is -2.43. The van der Waals surface area contributed by atoms with Crippen molar-refractivity contribution in [2.45, 2.75) is 13.0 Å². The summed E-state index contributed by atoms with van der Waals surface area (Å²) in [5.41, 5.74) is 0. The molecule has 1 N–H and O–H groups in total. The van der Waals surface area contributed by atoms with Gasteiger partial charge in [0.25, 0.3) is 0 Å². The molecule has 2 heterocycles. The maximum Gasteiger partial charge on any atom is 0.410 e. The SMILES string of the molecule is C[C@@H]1C(=O)N(S(=O)(=O)O)[C@@H]1CN1CCOC1=O. The van der Waals surface area contributed by atoms with Crippen LogP contribution in [0.1, 0.15) is 6.92 Å². The van der Waals surface area contributed by atoms with E-state index in [4.69, 9.17) is 4.55 Å². The van der Waals surface area contributed by atoms with Gasteiger partial charge in [-0.25, -0.2) is 9.10 Å². The first-order valence-electron chi connectivity index (χ1n) is 5.05. The van der Waals surface area contributed by atoms with Gasteiger partial charge in [-0.15, -0.1) is 0 Å². The highest BCUT2D eigenvalue weighted by atomic mass is 32.2. The summed E-state index contributed by atoms with van der Waals surface area (Å²) in [6.07, 6.45) is -0.535. The van der Waals surface area contributed by atoms with Crippen LogP contribution in [0.25, 0.3) is 0 Å². The van der Waals surface area contributed by atoms with Crippen molar-refractivity contribution in [2.24, 2.45) is 5.92 Å². The van der Waals surface area contributed by atoms with Crippen molar-refractivity contribution in [2.75, 3.05) is 19.7 Å². The quantitative estimate of drug-likeness (QED) is 0.522. The van der Waals surface area contributed by atoms with Crippen LogP contribution in [0.4, 0.5) is 4.79 Å². The molecule has 0 unspecified atom stereocenters. The highest BCUT2D eigenvalue weighted by Crippen LogP contribution is 2.30. The average molecular weight is 264 g/mol. The van der Waals surface area contributed by atoms with Crippen molar-refractivity contribution in [3.05, 3.63) is 0 Å². The molecule has 2 fully saturated rings. The average Bonchev–Trinajstić information content (AvgIpc) is 2.61. The van der Waals surface area contributed by atoms with Gasteiger partial charge in [-0.1, -0.05) is 6.92 Å². The second kappa shape index (κ2) is 3.84. The van der Waals surface area contributed by atoms with Gasteiger partial charge >= 0.3 is 16.4 Å². The summed E-state index contributed by atoms with van der Waals surface area (Å²) in [6, 6.07) is -0.719. The van der Waals surface area contributed by atoms with Gasteiger partial charge in [0.05, 0.1) is 18.5 Å². The molecule has 0 radical (unpaired) electrons. The zero-order valence-electron chi connectivity index (χ0n) is 9.07. The third-order valence-corrected chi connectivity index (χ3v) is 3.93. The Hall–Kier alpha value is -1.35. The summed E-state index contributed by atoms with van der Waals surface area (Å²) in [6.45, 7) is 2.21. The highest BCUT2D eigenvalue weighted by Gasteiger charge is 2.51. The summed E-state index contributed by atoms with van der Waals surface area (Å²) in [4.78, 5) is 23.8. The lowest BCUT2D eigenvalue weighted by atomic mass is 9.92. The molecule has 17 heavy (non-hydrogen) atoms. The van der Waals surface area contributed by atoms with Gasteiger partial charge in [0, 0.05) is 6.54 Å². The number of nitrogens with zero attached hydrogens (tertiary/aromatic N) is 2. The van der Waals surface area contributed by atoms with Crippen LogP contribution in [-0.4, -0.2) is 59.9 Å². The standard InChI is InChI=1S/C8H12N2O6S/c1-5-6(4-9-2-3-16-8(9)12)10(7(5)11)17(13,14)15/h5-6H,2-4H2,1H3,(H,13,14,15)/t5-,6+/m0/s1. The van der Waals surface area contributed by atoms with Gasteiger partial charge in [-0.2, -0.15) is 8.42 Å². The smallest absolute Gasteiger partial charge is 0.410 e. The molecule has 9 heteroatoms. The molecule has 0 aromatic rings. The topological polar surface area (TPSA) is 104 Å². The number of ether oxygens (including phenoxy) is 1. The Morgan fingerprint density at radius 1 is 1.47 bits per heavy atom. The summed E-state index contributed by atoms with van der Waals surface area (Å²) < 4.78 is 35.9. The predicted octanol–water partition coefficient (Wildman–Crippen LogP) is -0.912. The molecule has 0 aromatic carbocycles. The van der Waals surface area contributed by atoms with Crippen LogP contribution in [0.5, 0.6) is 0 Å². The maximum absolute atomic E-state index is 11.3. The summed E-state index contributed by atoms with van der Waals surface area (Å²) in [5, 5.41) is 0. The minimum Gasteiger partial charge on any atom is -0.448 e. The fourth-order valence-corrected chi connectivity index (χ4v) is 2.97. The molecular weight excluding hydrogens is 252 g/mol.